The van der Waals surface area contributed by atoms with Crippen molar-refractivity contribution in [2.24, 2.45) is 0 Å². The standard InChI is InChI=1S/C17H11ClFNOS/c18-13-10-12(19)6-7-14(13)20-17(21)16-9-8-15(22-16)11-4-2-1-3-5-11/h1-10H,(H,20,21). The molecule has 22 heavy (non-hydrogen) atoms. The van der Waals surface area contributed by atoms with Gasteiger partial charge in [-0.15, -0.1) is 11.3 Å². The summed E-state index contributed by atoms with van der Waals surface area (Å²) in [5.74, 6) is -0.703. The smallest absolute Gasteiger partial charge is 0.265 e. The minimum absolute atomic E-state index is 0.174. The van der Waals surface area contributed by atoms with Gasteiger partial charge < -0.3 is 5.32 Å². The van der Waals surface area contributed by atoms with Crippen LogP contribution in [0.3, 0.4) is 0 Å². The van der Waals surface area contributed by atoms with E-state index in [9.17, 15) is 9.18 Å². The third-order valence-corrected chi connectivity index (χ3v) is 4.51. The number of halogens is 2. The highest BCUT2D eigenvalue weighted by Gasteiger charge is 2.12. The molecule has 3 rings (SSSR count). The SMILES string of the molecule is O=C(Nc1ccc(F)cc1Cl)c1ccc(-c2ccccc2)s1. The fourth-order valence-corrected chi connectivity index (χ4v) is 3.11. The third-order valence-electron chi connectivity index (χ3n) is 3.07. The summed E-state index contributed by atoms with van der Waals surface area (Å²) < 4.78 is 13.0. The van der Waals surface area contributed by atoms with Gasteiger partial charge in [0.1, 0.15) is 5.82 Å². The summed E-state index contributed by atoms with van der Waals surface area (Å²) in [5.41, 5.74) is 1.45. The lowest BCUT2D eigenvalue weighted by Gasteiger charge is -2.05. The molecule has 1 N–H and O–H groups in total. The maximum Gasteiger partial charge on any atom is 0.265 e. The predicted octanol–water partition coefficient (Wildman–Crippen LogP) is 5.46. The van der Waals surface area contributed by atoms with Crippen molar-refractivity contribution in [2.75, 3.05) is 5.32 Å². The summed E-state index contributed by atoms with van der Waals surface area (Å²) in [6.07, 6.45) is 0. The lowest BCUT2D eigenvalue weighted by atomic mass is 10.2. The average molecular weight is 332 g/mol. The van der Waals surface area contributed by atoms with E-state index in [1.807, 2.05) is 36.4 Å². The number of rotatable bonds is 3. The number of nitrogens with one attached hydrogen (secondary N) is 1. The van der Waals surface area contributed by atoms with E-state index in [-0.39, 0.29) is 10.9 Å². The molecule has 110 valence electrons. The van der Waals surface area contributed by atoms with E-state index in [1.165, 1.54) is 29.5 Å². The van der Waals surface area contributed by atoms with Gasteiger partial charge in [-0.2, -0.15) is 0 Å². The van der Waals surface area contributed by atoms with Crippen LogP contribution in [0.4, 0.5) is 10.1 Å². The minimum Gasteiger partial charge on any atom is -0.320 e. The predicted molar refractivity (Wildman–Crippen MR) is 89.1 cm³/mol. The van der Waals surface area contributed by atoms with Crippen LogP contribution in [0.1, 0.15) is 9.67 Å². The number of anilines is 1. The van der Waals surface area contributed by atoms with Crippen LogP contribution in [-0.4, -0.2) is 5.91 Å². The Hall–Kier alpha value is -2.17. The molecule has 2 nitrogen and oxygen atoms in total. The molecule has 5 heteroatoms. The molecule has 1 amide bonds. The van der Waals surface area contributed by atoms with Crippen molar-refractivity contribution in [2.45, 2.75) is 0 Å². The number of thiophene rings is 1. The van der Waals surface area contributed by atoms with Gasteiger partial charge in [0.15, 0.2) is 0 Å². The van der Waals surface area contributed by atoms with Gasteiger partial charge in [0.25, 0.3) is 5.91 Å². The molecule has 1 aromatic heterocycles. The molecule has 0 spiro atoms. The number of amides is 1. The first kappa shape index (κ1) is 14.8. The molecular formula is C17H11ClFNOS. The molecular weight excluding hydrogens is 321 g/mol. The quantitative estimate of drug-likeness (QED) is 0.678. The molecule has 0 saturated heterocycles. The van der Waals surface area contributed by atoms with Crippen LogP contribution >= 0.6 is 22.9 Å². The number of carbonyl (C=O) groups is 1. The van der Waals surface area contributed by atoms with Gasteiger partial charge in [0.05, 0.1) is 15.6 Å². The van der Waals surface area contributed by atoms with Crippen molar-refractivity contribution in [1.29, 1.82) is 0 Å². The zero-order valence-electron chi connectivity index (χ0n) is 11.3. The van der Waals surface area contributed by atoms with Gasteiger partial charge in [-0.05, 0) is 35.9 Å². The molecule has 0 aliphatic carbocycles. The van der Waals surface area contributed by atoms with Crippen LogP contribution in [-0.2, 0) is 0 Å². The van der Waals surface area contributed by atoms with E-state index in [0.717, 1.165) is 10.4 Å². The van der Waals surface area contributed by atoms with E-state index in [0.29, 0.717) is 10.6 Å². The summed E-state index contributed by atoms with van der Waals surface area (Å²) >= 11 is 7.30. The molecule has 2 aromatic carbocycles. The lowest BCUT2D eigenvalue weighted by Crippen LogP contribution is -2.10. The molecule has 0 aliphatic rings. The highest BCUT2D eigenvalue weighted by atomic mass is 35.5. The molecule has 0 atom stereocenters. The second kappa shape index (κ2) is 6.30. The van der Waals surface area contributed by atoms with Gasteiger partial charge in [-0.25, -0.2) is 4.39 Å². The Morgan fingerprint density at radius 1 is 1.05 bits per heavy atom. The van der Waals surface area contributed by atoms with Crippen LogP contribution in [0.2, 0.25) is 5.02 Å². The second-order valence-corrected chi connectivity index (χ2v) is 6.10. The lowest BCUT2D eigenvalue weighted by molar-refractivity contribution is 0.103. The summed E-state index contributed by atoms with van der Waals surface area (Å²) in [6, 6.07) is 17.4. The van der Waals surface area contributed by atoms with Gasteiger partial charge in [0, 0.05) is 4.88 Å². The van der Waals surface area contributed by atoms with E-state index in [4.69, 9.17) is 11.6 Å². The molecule has 0 bridgehead atoms. The Morgan fingerprint density at radius 3 is 2.55 bits per heavy atom. The maximum atomic E-state index is 13.0. The first-order valence-electron chi connectivity index (χ1n) is 6.55. The second-order valence-electron chi connectivity index (χ2n) is 4.61. The van der Waals surface area contributed by atoms with Crippen molar-refractivity contribution >= 4 is 34.5 Å². The molecule has 3 aromatic rings. The molecule has 0 unspecified atom stereocenters. The first-order chi connectivity index (χ1) is 10.6. The zero-order chi connectivity index (χ0) is 15.5. The Morgan fingerprint density at radius 2 is 1.82 bits per heavy atom. The largest absolute Gasteiger partial charge is 0.320 e. The van der Waals surface area contributed by atoms with E-state index >= 15 is 0 Å². The van der Waals surface area contributed by atoms with E-state index in [1.54, 1.807) is 6.07 Å². The Balaban J connectivity index is 1.80. The van der Waals surface area contributed by atoms with E-state index < -0.39 is 5.82 Å². The Labute approximate surface area is 136 Å². The topological polar surface area (TPSA) is 29.1 Å². The molecule has 0 radical (unpaired) electrons. The summed E-state index contributed by atoms with van der Waals surface area (Å²) in [7, 11) is 0. The Kier molecular flexibility index (Phi) is 4.22. The highest BCUT2D eigenvalue weighted by Crippen LogP contribution is 2.29. The van der Waals surface area contributed by atoms with Crippen molar-refractivity contribution in [3.63, 3.8) is 0 Å². The van der Waals surface area contributed by atoms with Gasteiger partial charge in [-0.1, -0.05) is 41.9 Å². The average Bonchev–Trinajstić information content (AvgIpc) is 3.01. The van der Waals surface area contributed by atoms with Crippen LogP contribution in [0, 0.1) is 5.82 Å². The maximum absolute atomic E-state index is 13.0. The van der Waals surface area contributed by atoms with Crippen molar-refractivity contribution < 1.29 is 9.18 Å². The third kappa shape index (κ3) is 3.18. The summed E-state index contributed by atoms with van der Waals surface area (Å²) in [6.45, 7) is 0. The fraction of sp³-hybridized carbons (Fsp3) is 0. The number of carbonyl (C=O) groups excluding carboxylic acids is 1. The van der Waals surface area contributed by atoms with Crippen molar-refractivity contribution in [3.05, 3.63) is 76.4 Å². The van der Waals surface area contributed by atoms with Crippen molar-refractivity contribution in [1.82, 2.24) is 0 Å². The Bertz CT molecular complexity index is 817. The van der Waals surface area contributed by atoms with Gasteiger partial charge >= 0.3 is 0 Å². The summed E-state index contributed by atoms with van der Waals surface area (Å²) in [4.78, 5) is 13.8. The number of hydrogen-bond donors (Lipinski definition) is 1. The van der Waals surface area contributed by atoms with Crippen LogP contribution < -0.4 is 5.32 Å². The number of benzene rings is 2. The monoisotopic (exact) mass is 331 g/mol. The van der Waals surface area contributed by atoms with Crippen molar-refractivity contribution in [3.8, 4) is 10.4 Å². The summed E-state index contributed by atoms with van der Waals surface area (Å²) in [5, 5.41) is 2.87. The molecule has 0 saturated carbocycles. The molecule has 0 fully saturated rings. The highest BCUT2D eigenvalue weighted by molar-refractivity contribution is 7.17. The van der Waals surface area contributed by atoms with Crippen LogP contribution in [0.15, 0.2) is 60.7 Å². The molecule has 0 aliphatic heterocycles. The van der Waals surface area contributed by atoms with Crippen LogP contribution in [0.25, 0.3) is 10.4 Å². The van der Waals surface area contributed by atoms with E-state index in [2.05, 4.69) is 5.32 Å². The normalized spacial score (nSPS) is 10.5. The first-order valence-corrected chi connectivity index (χ1v) is 7.74. The molecule has 1 heterocycles. The minimum atomic E-state index is -0.439. The van der Waals surface area contributed by atoms with Crippen LogP contribution in [0.5, 0.6) is 0 Å². The van der Waals surface area contributed by atoms with Gasteiger partial charge in [0.2, 0.25) is 0 Å². The van der Waals surface area contributed by atoms with Gasteiger partial charge in [-0.3, -0.25) is 4.79 Å². The number of hydrogen-bond acceptors (Lipinski definition) is 2. The fourth-order valence-electron chi connectivity index (χ4n) is 1.99. The zero-order valence-corrected chi connectivity index (χ0v) is 12.9.